The topological polar surface area (TPSA) is 75.0 Å². The molecule has 30 heavy (non-hydrogen) atoms. The second kappa shape index (κ2) is 10.7. The molecule has 0 aliphatic carbocycles. The molecule has 1 amide bonds. The number of aliphatic imine (C=N–C) groups is 1. The number of unbranched alkanes of at least 4 members (excludes halogenated alkanes) is 1. The number of methoxy groups -OCH3 is 1. The van der Waals surface area contributed by atoms with Crippen molar-refractivity contribution in [3.8, 4) is 5.75 Å². The van der Waals surface area contributed by atoms with Gasteiger partial charge < -0.3 is 19.9 Å². The number of carbonyl (C=O) groups excluding carboxylic acids is 1. The molecule has 0 saturated carbocycles. The first-order valence-electron chi connectivity index (χ1n) is 10.6. The Labute approximate surface area is 178 Å². The highest BCUT2D eigenvalue weighted by atomic mass is 16.5. The quantitative estimate of drug-likeness (QED) is 0.408. The van der Waals surface area contributed by atoms with Crippen LogP contribution in [0.2, 0.25) is 0 Å². The van der Waals surface area contributed by atoms with Gasteiger partial charge in [0.1, 0.15) is 12.3 Å². The zero-order chi connectivity index (χ0) is 21.3. The Bertz CT molecular complexity index is 846. The predicted octanol–water partition coefficient (Wildman–Crippen LogP) is 2.07. The van der Waals surface area contributed by atoms with E-state index >= 15 is 0 Å². The number of guanidine groups is 1. The maximum atomic E-state index is 12.7. The Morgan fingerprint density at radius 1 is 1.23 bits per heavy atom. The van der Waals surface area contributed by atoms with Crippen LogP contribution in [-0.4, -0.2) is 66.4 Å². The van der Waals surface area contributed by atoms with Gasteiger partial charge in [-0.25, -0.2) is 0 Å². The normalized spacial score (nSPS) is 14.9. The lowest BCUT2D eigenvalue weighted by molar-refractivity contribution is -0.120. The molecule has 2 heterocycles. The van der Waals surface area contributed by atoms with Gasteiger partial charge in [0, 0.05) is 39.4 Å². The molecule has 3 rings (SSSR count). The van der Waals surface area contributed by atoms with Gasteiger partial charge >= 0.3 is 0 Å². The number of anilines is 1. The second-order valence-electron chi connectivity index (χ2n) is 7.38. The van der Waals surface area contributed by atoms with Crippen LogP contribution in [0.3, 0.4) is 0 Å². The first-order valence-corrected chi connectivity index (χ1v) is 10.6. The minimum Gasteiger partial charge on any atom is -0.497 e. The van der Waals surface area contributed by atoms with Gasteiger partial charge in [0.25, 0.3) is 0 Å². The third kappa shape index (κ3) is 5.75. The Hall–Kier alpha value is -3.03. The summed E-state index contributed by atoms with van der Waals surface area (Å²) in [5.74, 6) is 1.78. The van der Waals surface area contributed by atoms with Crippen molar-refractivity contribution < 1.29 is 9.53 Å². The number of nitrogens with zero attached hydrogens (tertiary/aromatic N) is 5. The number of rotatable bonds is 8. The van der Waals surface area contributed by atoms with Crippen LogP contribution in [0.4, 0.5) is 5.69 Å². The van der Waals surface area contributed by atoms with Gasteiger partial charge in [0.05, 0.1) is 19.0 Å². The van der Waals surface area contributed by atoms with Crippen LogP contribution in [-0.2, 0) is 18.3 Å². The molecule has 1 N–H and O–H groups in total. The van der Waals surface area contributed by atoms with Crippen molar-refractivity contribution in [3.63, 3.8) is 0 Å². The number of amides is 1. The van der Waals surface area contributed by atoms with Crippen molar-refractivity contribution in [1.82, 2.24) is 20.0 Å². The number of nitrogens with one attached hydrogen (secondary N) is 1. The smallest absolute Gasteiger partial charge is 0.246 e. The van der Waals surface area contributed by atoms with Crippen molar-refractivity contribution in [1.29, 1.82) is 0 Å². The molecule has 1 fully saturated rings. The lowest BCUT2D eigenvalue weighted by atomic mass is 10.1. The van der Waals surface area contributed by atoms with Crippen molar-refractivity contribution in [2.75, 3.05) is 44.7 Å². The largest absolute Gasteiger partial charge is 0.497 e. The standard InChI is InChI=1S/C22H32N6O2/c1-4-23-22(24-12-6-5-7-18-8-10-20(30-3)11-9-18)27-13-14-28(21(29)17-27)19-15-25-26(2)16-19/h8-11,15-16H,4-7,12-14,17H2,1-3H3,(H,23,24). The fraction of sp³-hybridized carbons (Fsp3) is 0.500. The van der Waals surface area contributed by atoms with E-state index in [0.29, 0.717) is 13.1 Å². The zero-order valence-corrected chi connectivity index (χ0v) is 18.2. The van der Waals surface area contributed by atoms with E-state index in [9.17, 15) is 4.79 Å². The third-order valence-electron chi connectivity index (χ3n) is 5.15. The molecule has 8 heteroatoms. The molecule has 1 saturated heterocycles. The molecule has 0 spiro atoms. The van der Waals surface area contributed by atoms with Crippen LogP contribution in [0.25, 0.3) is 0 Å². The average molecular weight is 413 g/mol. The van der Waals surface area contributed by atoms with Crippen molar-refractivity contribution in [2.24, 2.45) is 12.0 Å². The number of aromatic nitrogens is 2. The lowest BCUT2D eigenvalue weighted by Crippen LogP contribution is -2.55. The monoisotopic (exact) mass is 412 g/mol. The van der Waals surface area contributed by atoms with E-state index in [0.717, 1.165) is 56.3 Å². The molecular formula is C22H32N6O2. The maximum Gasteiger partial charge on any atom is 0.246 e. The number of carbonyl (C=O) groups is 1. The summed E-state index contributed by atoms with van der Waals surface area (Å²) < 4.78 is 6.91. The first kappa shape index (κ1) is 21.7. The number of hydrogen-bond donors (Lipinski definition) is 1. The number of benzene rings is 1. The van der Waals surface area contributed by atoms with Crippen molar-refractivity contribution >= 4 is 17.6 Å². The van der Waals surface area contributed by atoms with E-state index in [2.05, 4.69) is 22.5 Å². The molecule has 0 bridgehead atoms. The molecule has 1 aliphatic rings. The van der Waals surface area contributed by atoms with Crippen LogP contribution < -0.4 is 15.0 Å². The van der Waals surface area contributed by atoms with Gasteiger partial charge in [-0.05, 0) is 43.9 Å². The Balaban J connectivity index is 1.48. The van der Waals surface area contributed by atoms with Gasteiger partial charge in [-0.1, -0.05) is 12.1 Å². The summed E-state index contributed by atoms with van der Waals surface area (Å²) in [4.78, 5) is 21.3. The molecule has 1 aromatic heterocycles. The highest BCUT2D eigenvalue weighted by Gasteiger charge is 2.27. The molecule has 8 nitrogen and oxygen atoms in total. The Morgan fingerprint density at radius 3 is 2.67 bits per heavy atom. The summed E-state index contributed by atoms with van der Waals surface area (Å²) in [7, 11) is 3.54. The first-order chi connectivity index (χ1) is 14.6. The van der Waals surface area contributed by atoms with E-state index in [1.807, 2.05) is 37.2 Å². The van der Waals surface area contributed by atoms with Gasteiger partial charge in [0.15, 0.2) is 5.96 Å². The van der Waals surface area contributed by atoms with E-state index in [4.69, 9.17) is 9.73 Å². The molecule has 0 unspecified atom stereocenters. The highest BCUT2D eigenvalue weighted by Crippen LogP contribution is 2.16. The molecular weight excluding hydrogens is 380 g/mol. The highest BCUT2D eigenvalue weighted by molar-refractivity contribution is 5.98. The van der Waals surface area contributed by atoms with Gasteiger partial charge in [-0.3, -0.25) is 14.5 Å². The van der Waals surface area contributed by atoms with Crippen LogP contribution >= 0.6 is 0 Å². The van der Waals surface area contributed by atoms with Gasteiger partial charge in [-0.15, -0.1) is 0 Å². The van der Waals surface area contributed by atoms with Crippen molar-refractivity contribution in [3.05, 3.63) is 42.2 Å². The van der Waals surface area contributed by atoms with Crippen molar-refractivity contribution in [2.45, 2.75) is 26.2 Å². The number of piperazine rings is 1. The van der Waals surface area contributed by atoms with Crippen LogP contribution in [0.1, 0.15) is 25.3 Å². The molecule has 0 atom stereocenters. The van der Waals surface area contributed by atoms with E-state index in [1.54, 1.807) is 22.9 Å². The molecule has 162 valence electrons. The maximum absolute atomic E-state index is 12.7. The van der Waals surface area contributed by atoms with Gasteiger partial charge in [-0.2, -0.15) is 5.10 Å². The van der Waals surface area contributed by atoms with Gasteiger partial charge in [0.2, 0.25) is 5.91 Å². The molecule has 0 radical (unpaired) electrons. The fourth-order valence-electron chi connectivity index (χ4n) is 3.52. The molecule has 1 aliphatic heterocycles. The van der Waals surface area contributed by atoms with Crippen LogP contribution in [0.15, 0.2) is 41.7 Å². The minimum absolute atomic E-state index is 0.0689. The Morgan fingerprint density at radius 2 is 2.03 bits per heavy atom. The fourth-order valence-corrected chi connectivity index (χ4v) is 3.52. The zero-order valence-electron chi connectivity index (χ0n) is 18.2. The molecule has 1 aromatic carbocycles. The Kier molecular flexibility index (Phi) is 7.70. The summed E-state index contributed by atoms with van der Waals surface area (Å²) in [6.07, 6.45) is 6.71. The number of aryl methyl sites for hydroxylation is 2. The van der Waals surface area contributed by atoms with E-state index < -0.39 is 0 Å². The SMILES string of the molecule is CCNC(=NCCCCc1ccc(OC)cc1)N1CCN(c2cnn(C)c2)C(=O)C1. The minimum atomic E-state index is 0.0689. The predicted molar refractivity (Wildman–Crippen MR) is 119 cm³/mol. The van der Waals surface area contributed by atoms with Crippen LogP contribution in [0.5, 0.6) is 5.75 Å². The lowest BCUT2D eigenvalue weighted by Gasteiger charge is -2.35. The average Bonchev–Trinajstić information content (AvgIpc) is 3.19. The van der Waals surface area contributed by atoms with E-state index in [1.165, 1.54) is 5.56 Å². The third-order valence-corrected chi connectivity index (χ3v) is 5.15. The summed E-state index contributed by atoms with van der Waals surface area (Å²) in [5, 5.41) is 7.49. The second-order valence-corrected chi connectivity index (χ2v) is 7.38. The number of hydrogen-bond acceptors (Lipinski definition) is 4. The summed E-state index contributed by atoms with van der Waals surface area (Å²) in [6.45, 7) is 5.28. The van der Waals surface area contributed by atoms with E-state index in [-0.39, 0.29) is 5.91 Å². The summed E-state index contributed by atoms with van der Waals surface area (Å²) >= 11 is 0. The summed E-state index contributed by atoms with van der Waals surface area (Å²) in [5.41, 5.74) is 2.16. The van der Waals surface area contributed by atoms with Crippen LogP contribution in [0, 0.1) is 0 Å². The molecule has 2 aromatic rings. The number of ether oxygens (including phenoxy) is 1. The summed E-state index contributed by atoms with van der Waals surface area (Å²) in [6, 6.07) is 8.22.